The molecule has 1 heterocycles. The van der Waals surface area contributed by atoms with E-state index in [9.17, 15) is 4.79 Å². The molecule has 1 N–H and O–H groups in total. The number of fused-ring (bicyclic) bond motifs is 1. The first-order chi connectivity index (χ1) is 11.4. The van der Waals surface area contributed by atoms with Crippen LogP contribution >= 0.6 is 0 Å². The number of benzene rings is 2. The lowest BCUT2D eigenvalue weighted by Crippen LogP contribution is -2.23. The van der Waals surface area contributed by atoms with Gasteiger partial charge in [0, 0.05) is 5.69 Å². The normalized spacial score (nSPS) is 17.2. The fraction of sp³-hybridized carbons (Fsp3) is 0.381. The van der Waals surface area contributed by atoms with Crippen molar-refractivity contribution in [1.29, 1.82) is 0 Å². The van der Waals surface area contributed by atoms with E-state index in [0.717, 1.165) is 23.2 Å². The summed E-state index contributed by atoms with van der Waals surface area (Å²) in [5.74, 6) is -0.00611. The van der Waals surface area contributed by atoms with Crippen LogP contribution in [0.15, 0.2) is 48.5 Å². The number of para-hydroxylation sites is 1. The van der Waals surface area contributed by atoms with E-state index in [1.54, 1.807) is 0 Å². The van der Waals surface area contributed by atoms with Crippen molar-refractivity contribution in [3.8, 4) is 0 Å². The summed E-state index contributed by atoms with van der Waals surface area (Å²) in [5.41, 5.74) is 4.44. The minimum absolute atomic E-state index is 0.00611. The molecule has 1 amide bonds. The van der Waals surface area contributed by atoms with Crippen molar-refractivity contribution in [3.05, 3.63) is 65.2 Å². The minimum Gasteiger partial charge on any atom is -0.373 e. The number of carbonyl (C=O) groups is 1. The van der Waals surface area contributed by atoms with Crippen LogP contribution in [0.3, 0.4) is 0 Å². The van der Waals surface area contributed by atoms with Gasteiger partial charge in [-0.3, -0.25) is 4.79 Å². The zero-order chi connectivity index (χ0) is 17.2. The summed E-state index contributed by atoms with van der Waals surface area (Å²) in [6, 6.07) is 16.2. The Hall–Kier alpha value is -2.13. The van der Waals surface area contributed by atoms with E-state index < -0.39 is 0 Å². The first-order valence-electron chi connectivity index (χ1n) is 8.54. The second-order valence-electron chi connectivity index (χ2n) is 7.36. The highest BCUT2D eigenvalue weighted by molar-refractivity contribution is 5.92. The highest BCUT2D eigenvalue weighted by Crippen LogP contribution is 2.32. The van der Waals surface area contributed by atoms with Crippen LogP contribution in [-0.2, 0) is 21.4 Å². The topological polar surface area (TPSA) is 38.3 Å². The van der Waals surface area contributed by atoms with Crippen molar-refractivity contribution in [2.45, 2.75) is 45.1 Å². The summed E-state index contributed by atoms with van der Waals surface area (Å²) in [4.78, 5) is 12.6. The highest BCUT2D eigenvalue weighted by atomic mass is 16.5. The van der Waals surface area contributed by atoms with Gasteiger partial charge in [-0.05, 0) is 34.6 Å². The number of nitrogens with one attached hydrogen (secondary N) is 1. The maximum absolute atomic E-state index is 12.6. The summed E-state index contributed by atoms with van der Waals surface area (Å²) in [7, 11) is 0. The van der Waals surface area contributed by atoms with E-state index >= 15 is 0 Å². The predicted octanol–water partition coefficient (Wildman–Crippen LogP) is 4.63. The summed E-state index contributed by atoms with van der Waals surface area (Å²) < 4.78 is 5.85. The summed E-state index contributed by atoms with van der Waals surface area (Å²) in [6.45, 7) is 7.13. The van der Waals surface area contributed by atoms with E-state index in [-0.39, 0.29) is 17.4 Å². The fourth-order valence-corrected chi connectivity index (χ4v) is 3.26. The first kappa shape index (κ1) is 16.7. The Bertz CT molecular complexity index is 731. The van der Waals surface area contributed by atoms with Crippen molar-refractivity contribution >= 4 is 11.6 Å². The molecule has 2 aromatic carbocycles. The lowest BCUT2D eigenvalue weighted by molar-refractivity contribution is -0.119. The molecule has 1 aliphatic rings. The minimum atomic E-state index is -0.156. The molecule has 2 aromatic rings. The first-order valence-corrected chi connectivity index (χ1v) is 8.54. The maximum Gasteiger partial charge on any atom is 0.227 e. The number of ether oxygens (including phenoxy) is 1. The zero-order valence-corrected chi connectivity index (χ0v) is 14.6. The molecular formula is C21H25NO2. The van der Waals surface area contributed by atoms with Crippen molar-refractivity contribution < 1.29 is 9.53 Å². The molecular weight excluding hydrogens is 298 g/mol. The average molecular weight is 323 g/mol. The second kappa shape index (κ2) is 6.78. The van der Waals surface area contributed by atoms with E-state index in [2.05, 4.69) is 44.3 Å². The van der Waals surface area contributed by atoms with Crippen LogP contribution in [0.25, 0.3) is 0 Å². The molecule has 24 heavy (non-hydrogen) atoms. The Morgan fingerprint density at radius 1 is 1.12 bits per heavy atom. The number of hydrogen-bond donors (Lipinski definition) is 1. The van der Waals surface area contributed by atoms with Gasteiger partial charge in [0.1, 0.15) is 0 Å². The van der Waals surface area contributed by atoms with Crippen molar-refractivity contribution in [2.75, 3.05) is 11.9 Å². The van der Waals surface area contributed by atoms with E-state index in [1.165, 1.54) is 5.56 Å². The van der Waals surface area contributed by atoms with E-state index in [4.69, 9.17) is 4.74 Å². The van der Waals surface area contributed by atoms with Crippen molar-refractivity contribution in [2.24, 2.45) is 0 Å². The molecule has 0 bridgehead atoms. The molecule has 126 valence electrons. The SMILES string of the molecule is CC(C)(C)c1ccccc1NC(=O)CC1OCCc2ccccc21. The van der Waals surface area contributed by atoms with Gasteiger partial charge >= 0.3 is 0 Å². The molecule has 3 rings (SSSR count). The van der Waals surface area contributed by atoms with Gasteiger partial charge in [-0.1, -0.05) is 63.2 Å². The number of rotatable bonds is 3. The summed E-state index contributed by atoms with van der Waals surface area (Å²) >= 11 is 0. The molecule has 0 fully saturated rings. The van der Waals surface area contributed by atoms with Gasteiger partial charge in [0.2, 0.25) is 5.91 Å². The van der Waals surface area contributed by atoms with Crippen LogP contribution in [0.2, 0.25) is 0 Å². The molecule has 3 heteroatoms. The molecule has 3 nitrogen and oxygen atoms in total. The van der Waals surface area contributed by atoms with Crippen LogP contribution in [0, 0.1) is 0 Å². The van der Waals surface area contributed by atoms with Crippen LogP contribution in [0.1, 0.15) is 50.0 Å². The second-order valence-corrected chi connectivity index (χ2v) is 7.36. The monoisotopic (exact) mass is 323 g/mol. The number of carbonyl (C=O) groups excluding carboxylic acids is 1. The Balaban J connectivity index is 1.74. The molecule has 0 saturated carbocycles. The largest absolute Gasteiger partial charge is 0.373 e. The Kier molecular flexibility index (Phi) is 4.72. The van der Waals surface area contributed by atoms with Gasteiger partial charge in [0.05, 0.1) is 19.1 Å². The molecule has 0 saturated heterocycles. The number of anilines is 1. The van der Waals surface area contributed by atoms with Crippen molar-refractivity contribution in [1.82, 2.24) is 0 Å². The standard InChI is InChI=1S/C21H25NO2/c1-21(2,3)17-10-6-7-11-18(17)22-20(23)14-19-16-9-5-4-8-15(16)12-13-24-19/h4-11,19H,12-14H2,1-3H3,(H,22,23). The van der Waals surface area contributed by atoms with Gasteiger partial charge in [-0.2, -0.15) is 0 Å². The Labute approximate surface area is 144 Å². The number of amides is 1. The molecule has 0 aliphatic carbocycles. The lowest BCUT2D eigenvalue weighted by Gasteiger charge is -2.26. The molecule has 0 spiro atoms. The lowest BCUT2D eigenvalue weighted by atomic mass is 9.86. The van der Waals surface area contributed by atoms with Gasteiger partial charge < -0.3 is 10.1 Å². The Morgan fingerprint density at radius 3 is 2.62 bits per heavy atom. The molecule has 1 aliphatic heterocycles. The van der Waals surface area contributed by atoms with Crippen LogP contribution in [0.4, 0.5) is 5.69 Å². The Morgan fingerprint density at radius 2 is 1.83 bits per heavy atom. The molecule has 1 unspecified atom stereocenters. The third-order valence-electron chi connectivity index (χ3n) is 4.47. The smallest absolute Gasteiger partial charge is 0.227 e. The van der Waals surface area contributed by atoms with Crippen LogP contribution in [-0.4, -0.2) is 12.5 Å². The molecule has 1 atom stereocenters. The highest BCUT2D eigenvalue weighted by Gasteiger charge is 2.24. The predicted molar refractivity (Wildman–Crippen MR) is 97.2 cm³/mol. The summed E-state index contributed by atoms with van der Waals surface area (Å²) in [5, 5.41) is 3.08. The zero-order valence-electron chi connectivity index (χ0n) is 14.6. The van der Waals surface area contributed by atoms with Gasteiger partial charge in [-0.25, -0.2) is 0 Å². The van der Waals surface area contributed by atoms with Crippen LogP contribution < -0.4 is 5.32 Å². The van der Waals surface area contributed by atoms with Gasteiger partial charge in [-0.15, -0.1) is 0 Å². The van der Waals surface area contributed by atoms with E-state index in [0.29, 0.717) is 13.0 Å². The fourth-order valence-electron chi connectivity index (χ4n) is 3.26. The molecule has 0 radical (unpaired) electrons. The van der Waals surface area contributed by atoms with E-state index in [1.807, 2.05) is 30.3 Å². The van der Waals surface area contributed by atoms with Gasteiger partial charge in [0.25, 0.3) is 0 Å². The average Bonchev–Trinajstić information content (AvgIpc) is 2.54. The number of hydrogen-bond acceptors (Lipinski definition) is 2. The van der Waals surface area contributed by atoms with Crippen LogP contribution in [0.5, 0.6) is 0 Å². The summed E-state index contributed by atoms with van der Waals surface area (Å²) in [6.07, 6.45) is 1.10. The van der Waals surface area contributed by atoms with Gasteiger partial charge in [0.15, 0.2) is 0 Å². The van der Waals surface area contributed by atoms with Crippen molar-refractivity contribution in [3.63, 3.8) is 0 Å². The third-order valence-corrected chi connectivity index (χ3v) is 4.47. The molecule has 0 aromatic heterocycles. The third kappa shape index (κ3) is 3.68. The quantitative estimate of drug-likeness (QED) is 0.894. The maximum atomic E-state index is 12.6.